The summed E-state index contributed by atoms with van der Waals surface area (Å²) in [6, 6.07) is 4.58. The lowest BCUT2D eigenvalue weighted by Gasteiger charge is -2.61. The van der Waals surface area contributed by atoms with Crippen molar-refractivity contribution in [2.24, 2.45) is 10.4 Å². The summed E-state index contributed by atoms with van der Waals surface area (Å²) < 4.78 is 5.96. The molecule has 2 aliphatic carbocycles. The number of hydrogen-bond acceptors (Lipinski definition) is 4. The third-order valence-electron chi connectivity index (χ3n) is 6.54. The SMILES string of the molecule is CCOC1CC(NC(=NC)NC2CCN(c3ncccc3Cl)C2)C12CCC2. The number of rotatable bonds is 5. The molecule has 3 aliphatic rings. The first-order valence-electron chi connectivity index (χ1n) is 10.1. The number of aromatic nitrogens is 1. The predicted molar refractivity (Wildman–Crippen MR) is 110 cm³/mol. The molecule has 148 valence electrons. The molecule has 6 nitrogen and oxygen atoms in total. The van der Waals surface area contributed by atoms with Crippen molar-refractivity contribution in [3.63, 3.8) is 0 Å². The van der Waals surface area contributed by atoms with Gasteiger partial charge < -0.3 is 20.3 Å². The standard InChI is InChI=1S/C20H30ClN5O/c1-3-27-17-12-16(20(17)8-5-9-20)25-19(22-2)24-14-7-11-26(13-14)18-15(21)6-4-10-23-18/h4,6,10,14,16-17H,3,5,7-9,11-13H2,1-2H3,(H2,22,24,25). The van der Waals surface area contributed by atoms with E-state index in [0.717, 1.165) is 44.3 Å². The van der Waals surface area contributed by atoms with Crippen LogP contribution in [0, 0.1) is 5.41 Å². The predicted octanol–water partition coefficient (Wildman–Crippen LogP) is 2.83. The fraction of sp³-hybridized carbons (Fsp3) is 0.700. The third-order valence-corrected chi connectivity index (χ3v) is 6.83. The van der Waals surface area contributed by atoms with E-state index in [1.807, 2.05) is 19.2 Å². The number of nitrogens with one attached hydrogen (secondary N) is 2. The van der Waals surface area contributed by atoms with Gasteiger partial charge in [-0.1, -0.05) is 18.0 Å². The van der Waals surface area contributed by atoms with Crippen LogP contribution in [0.4, 0.5) is 5.82 Å². The smallest absolute Gasteiger partial charge is 0.191 e. The summed E-state index contributed by atoms with van der Waals surface area (Å²) in [5, 5.41) is 7.99. The molecule has 2 saturated carbocycles. The first kappa shape index (κ1) is 18.8. The fourth-order valence-corrected chi connectivity index (χ4v) is 5.09. The minimum atomic E-state index is 0.330. The molecule has 0 aromatic carbocycles. The Labute approximate surface area is 166 Å². The van der Waals surface area contributed by atoms with Crippen LogP contribution in [-0.4, -0.2) is 55.9 Å². The van der Waals surface area contributed by atoms with E-state index in [-0.39, 0.29) is 0 Å². The average Bonchev–Trinajstić information content (AvgIpc) is 3.07. The van der Waals surface area contributed by atoms with Gasteiger partial charge in [0.1, 0.15) is 5.82 Å². The van der Waals surface area contributed by atoms with E-state index < -0.39 is 0 Å². The second kappa shape index (κ2) is 7.84. The molecule has 0 bridgehead atoms. The maximum absolute atomic E-state index is 6.30. The van der Waals surface area contributed by atoms with Gasteiger partial charge in [-0.2, -0.15) is 0 Å². The number of nitrogens with zero attached hydrogens (tertiary/aromatic N) is 3. The van der Waals surface area contributed by atoms with Crippen LogP contribution >= 0.6 is 11.6 Å². The highest BCUT2D eigenvalue weighted by molar-refractivity contribution is 6.32. The average molecular weight is 392 g/mol. The van der Waals surface area contributed by atoms with Gasteiger partial charge in [0.2, 0.25) is 0 Å². The highest BCUT2D eigenvalue weighted by Crippen LogP contribution is 2.57. The molecule has 3 unspecified atom stereocenters. The quantitative estimate of drug-likeness (QED) is 0.597. The molecule has 1 aromatic rings. The molecule has 3 atom stereocenters. The van der Waals surface area contributed by atoms with E-state index in [9.17, 15) is 0 Å². The third kappa shape index (κ3) is 3.49. The summed E-state index contributed by atoms with van der Waals surface area (Å²) in [6.45, 7) is 4.73. The van der Waals surface area contributed by atoms with Crippen LogP contribution in [0.1, 0.15) is 39.0 Å². The number of ether oxygens (including phenoxy) is 1. The summed E-state index contributed by atoms with van der Waals surface area (Å²) in [5.74, 6) is 1.78. The minimum absolute atomic E-state index is 0.330. The zero-order valence-corrected chi connectivity index (χ0v) is 17.0. The van der Waals surface area contributed by atoms with Crippen LogP contribution in [0.15, 0.2) is 23.3 Å². The van der Waals surface area contributed by atoms with Gasteiger partial charge in [0.25, 0.3) is 0 Å². The molecule has 2 heterocycles. The molecule has 0 amide bonds. The Morgan fingerprint density at radius 2 is 2.30 bits per heavy atom. The topological polar surface area (TPSA) is 61.8 Å². The van der Waals surface area contributed by atoms with Gasteiger partial charge in [-0.3, -0.25) is 4.99 Å². The highest BCUT2D eigenvalue weighted by Gasteiger charge is 2.59. The monoisotopic (exact) mass is 391 g/mol. The Balaban J connectivity index is 1.32. The molecular weight excluding hydrogens is 362 g/mol. The van der Waals surface area contributed by atoms with E-state index >= 15 is 0 Å². The lowest BCUT2D eigenvalue weighted by molar-refractivity contribution is -0.168. The summed E-state index contributed by atoms with van der Waals surface area (Å²) in [7, 11) is 1.85. The number of guanidine groups is 1. The molecule has 27 heavy (non-hydrogen) atoms. The Bertz CT molecular complexity index is 693. The van der Waals surface area contributed by atoms with Gasteiger partial charge in [0.15, 0.2) is 5.96 Å². The molecule has 3 fully saturated rings. The summed E-state index contributed by atoms with van der Waals surface area (Å²) in [4.78, 5) is 11.2. The van der Waals surface area contributed by atoms with Gasteiger partial charge in [-0.15, -0.1) is 0 Å². The second-order valence-corrected chi connectivity index (χ2v) is 8.33. The van der Waals surface area contributed by atoms with E-state index in [1.165, 1.54) is 19.3 Å². The molecule has 1 aliphatic heterocycles. The van der Waals surface area contributed by atoms with E-state index in [2.05, 4.69) is 32.4 Å². The van der Waals surface area contributed by atoms with Crippen LogP contribution in [-0.2, 0) is 4.74 Å². The summed E-state index contributed by atoms with van der Waals surface area (Å²) >= 11 is 6.30. The Morgan fingerprint density at radius 1 is 1.44 bits per heavy atom. The molecule has 0 radical (unpaired) electrons. The number of halogens is 1. The number of aliphatic imine (C=N–C) groups is 1. The second-order valence-electron chi connectivity index (χ2n) is 7.92. The Morgan fingerprint density at radius 3 is 2.96 bits per heavy atom. The molecule has 1 aromatic heterocycles. The normalized spacial score (nSPS) is 29.4. The van der Waals surface area contributed by atoms with Gasteiger partial charge in [0, 0.05) is 50.4 Å². The van der Waals surface area contributed by atoms with Crippen molar-refractivity contribution in [3.05, 3.63) is 23.4 Å². The van der Waals surface area contributed by atoms with Crippen molar-refractivity contribution >= 4 is 23.4 Å². The molecule has 1 saturated heterocycles. The Hall–Kier alpha value is -1.53. The van der Waals surface area contributed by atoms with Gasteiger partial charge >= 0.3 is 0 Å². The van der Waals surface area contributed by atoms with E-state index in [1.54, 1.807) is 6.20 Å². The van der Waals surface area contributed by atoms with Crippen molar-refractivity contribution in [3.8, 4) is 0 Å². The van der Waals surface area contributed by atoms with Crippen LogP contribution < -0.4 is 15.5 Å². The Kier molecular flexibility index (Phi) is 5.46. The largest absolute Gasteiger partial charge is 0.378 e. The molecular formula is C20H30ClN5O. The summed E-state index contributed by atoms with van der Waals surface area (Å²) in [6.07, 6.45) is 8.19. The van der Waals surface area contributed by atoms with E-state index in [0.29, 0.717) is 28.6 Å². The van der Waals surface area contributed by atoms with E-state index in [4.69, 9.17) is 16.3 Å². The van der Waals surface area contributed by atoms with Crippen molar-refractivity contribution in [1.82, 2.24) is 15.6 Å². The van der Waals surface area contributed by atoms with Crippen LogP contribution in [0.2, 0.25) is 5.02 Å². The first-order chi connectivity index (χ1) is 13.2. The number of anilines is 1. The zero-order chi connectivity index (χ0) is 18.9. The fourth-order valence-electron chi connectivity index (χ4n) is 4.85. The number of pyridine rings is 1. The van der Waals surface area contributed by atoms with Crippen molar-refractivity contribution in [2.75, 3.05) is 31.6 Å². The van der Waals surface area contributed by atoms with Crippen LogP contribution in [0.3, 0.4) is 0 Å². The summed E-state index contributed by atoms with van der Waals surface area (Å²) in [5.41, 5.74) is 0.330. The van der Waals surface area contributed by atoms with Gasteiger partial charge in [-0.25, -0.2) is 4.98 Å². The maximum Gasteiger partial charge on any atom is 0.191 e. The zero-order valence-electron chi connectivity index (χ0n) is 16.2. The minimum Gasteiger partial charge on any atom is -0.378 e. The van der Waals surface area contributed by atoms with Gasteiger partial charge in [0.05, 0.1) is 11.1 Å². The number of hydrogen-bond donors (Lipinski definition) is 2. The first-order valence-corrected chi connectivity index (χ1v) is 10.5. The van der Waals surface area contributed by atoms with Crippen molar-refractivity contribution in [1.29, 1.82) is 0 Å². The molecule has 7 heteroatoms. The molecule has 2 N–H and O–H groups in total. The van der Waals surface area contributed by atoms with Crippen LogP contribution in [0.5, 0.6) is 0 Å². The van der Waals surface area contributed by atoms with Gasteiger partial charge in [-0.05, 0) is 44.7 Å². The lowest BCUT2D eigenvalue weighted by Crippen LogP contribution is -2.69. The van der Waals surface area contributed by atoms with Crippen LogP contribution in [0.25, 0.3) is 0 Å². The van der Waals surface area contributed by atoms with Crippen molar-refractivity contribution < 1.29 is 4.74 Å². The van der Waals surface area contributed by atoms with Crippen molar-refractivity contribution in [2.45, 2.75) is 57.2 Å². The maximum atomic E-state index is 6.30. The lowest BCUT2D eigenvalue weighted by atomic mass is 9.51. The highest BCUT2D eigenvalue weighted by atomic mass is 35.5. The molecule has 1 spiro atoms. The molecule has 4 rings (SSSR count).